The molecular weight excluding hydrogens is 484 g/mol. The molecule has 1 heterocycles. The molecule has 4 amide bonds. The summed E-state index contributed by atoms with van der Waals surface area (Å²) in [4.78, 5) is 39.1. The van der Waals surface area contributed by atoms with Gasteiger partial charge in [0.05, 0.1) is 12.8 Å². The van der Waals surface area contributed by atoms with Gasteiger partial charge in [-0.1, -0.05) is 29.3 Å². The van der Waals surface area contributed by atoms with Crippen molar-refractivity contribution in [2.75, 3.05) is 25.2 Å². The van der Waals surface area contributed by atoms with Gasteiger partial charge in [-0.15, -0.1) is 0 Å². The average Bonchev–Trinajstić information content (AvgIpc) is 2.87. The van der Waals surface area contributed by atoms with Crippen molar-refractivity contribution in [2.45, 2.75) is 6.92 Å². The number of rotatable bonds is 8. The Morgan fingerprint density at radius 1 is 0.889 bits per heavy atom. The van der Waals surface area contributed by atoms with Crippen molar-refractivity contribution in [3.8, 4) is 17.2 Å². The molecule has 0 aromatic heterocycles. The zero-order valence-electron chi connectivity index (χ0n) is 19.6. The number of barbiturate groups is 1. The fourth-order valence-electron chi connectivity index (χ4n) is 3.49. The first-order chi connectivity index (χ1) is 17.4. The van der Waals surface area contributed by atoms with Crippen LogP contribution in [0.25, 0.3) is 6.08 Å². The number of amides is 4. The number of carbonyl (C=O) groups is 3. The van der Waals surface area contributed by atoms with E-state index in [9.17, 15) is 14.4 Å². The van der Waals surface area contributed by atoms with E-state index < -0.39 is 17.8 Å². The van der Waals surface area contributed by atoms with Gasteiger partial charge < -0.3 is 14.2 Å². The smallest absolute Gasteiger partial charge is 0.335 e. The van der Waals surface area contributed by atoms with Crippen molar-refractivity contribution in [1.29, 1.82) is 0 Å². The Hall–Kier alpha value is -4.30. The second-order valence-electron chi connectivity index (χ2n) is 7.85. The van der Waals surface area contributed by atoms with Gasteiger partial charge in [0.1, 0.15) is 36.0 Å². The minimum Gasteiger partial charge on any atom is -0.497 e. The van der Waals surface area contributed by atoms with E-state index in [2.05, 4.69) is 5.32 Å². The number of imide groups is 2. The highest BCUT2D eigenvalue weighted by Gasteiger charge is 2.37. The Kier molecular flexibility index (Phi) is 7.56. The summed E-state index contributed by atoms with van der Waals surface area (Å²) in [6.45, 7) is 2.48. The minimum absolute atomic E-state index is 0.211. The van der Waals surface area contributed by atoms with Crippen LogP contribution in [0.3, 0.4) is 0 Å². The molecule has 1 aliphatic rings. The second-order valence-corrected chi connectivity index (χ2v) is 8.28. The van der Waals surface area contributed by atoms with Crippen LogP contribution in [-0.4, -0.2) is 38.2 Å². The third-order valence-corrected chi connectivity index (χ3v) is 5.57. The average molecular weight is 507 g/mol. The van der Waals surface area contributed by atoms with Crippen LogP contribution in [0.1, 0.15) is 11.1 Å². The molecule has 1 saturated heterocycles. The number of methoxy groups -OCH3 is 1. The maximum atomic E-state index is 13.2. The summed E-state index contributed by atoms with van der Waals surface area (Å²) in [7, 11) is 1.51. The fraction of sp³-hybridized carbons (Fsp3) is 0.148. The number of carbonyl (C=O) groups excluding carboxylic acids is 3. The summed E-state index contributed by atoms with van der Waals surface area (Å²) in [5.74, 6) is 0.0804. The molecule has 4 rings (SSSR count). The largest absolute Gasteiger partial charge is 0.497 e. The molecule has 1 N–H and O–H groups in total. The van der Waals surface area contributed by atoms with Gasteiger partial charge in [-0.2, -0.15) is 0 Å². The van der Waals surface area contributed by atoms with Crippen molar-refractivity contribution in [1.82, 2.24) is 5.32 Å². The lowest BCUT2D eigenvalue weighted by atomic mass is 10.1. The molecule has 0 atom stereocenters. The van der Waals surface area contributed by atoms with E-state index in [1.165, 1.54) is 13.2 Å². The van der Waals surface area contributed by atoms with Crippen LogP contribution in [-0.2, 0) is 9.59 Å². The van der Waals surface area contributed by atoms with Gasteiger partial charge in [-0.3, -0.25) is 14.9 Å². The third kappa shape index (κ3) is 5.67. The van der Waals surface area contributed by atoms with Gasteiger partial charge >= 0.3 is 6.03 Å². The number of hydrogen-bond donors (Lipinski definition) is 1. The normalized spacial score (nSPS) is 14.6. The molecule has 0 saturated carbocycles. The first-order valence-electron chi connectivity index (χ1n) is 11.0. The molecule has 1 fully saturated rings. The van der Waals surface area contributed by atoms with E-state index in [0.717, 1.165) is 16.2 Å². The topological polar surface area (TPSA) is 94.2 Å². The molecule has 1 aliphatic heterocycles. The number of ether oxygens (including phenoxy) is 3. The van der Waals surface area contributed by atoms with Crippen LogP contribution in [0.4, 0.5) is 10.5 Å². The summed E-state index contributed by atoms with van der Waals surface area (Å²) in [5, 5.41) is 2.59. The summed E-state index contributed by atoms with van der Waals surface area (Å²) in [6.07, 6.45) is 1.35. The van der Waals surface area contributed by atoms with E-state index in [0.29, 0.717) is 22.1 Å². The molecule has 3 aromatic rings. The van der Waals surface area contributed by atoms with Gasteiger partial charge in [0.25, 0.3) is 11.8 Å². The van der Waals surface area contributed by atoms with Crippen LogP contribution in [0, 0.1) is 6.92 Å². The minimum atomic E-state index is -0.844. The van der Waals surface area contributed by atoms with Gasteiger partial charge in [-0.25, -0.2) is 9.69 Å². The lowest BCUT2D eigenvalue weighted by molar-refractivity contribution is -0.122. The molecule has 36 heavy (non-hydrogen) atoms. The second kappa shape index (κ2) is 11.0. The number of nitrogens with one attached hydrogen (secondary N) is 1. The maximum absolute atomic E-state index is 13.2. The highest BCUT2D eigenvalue weighted by atomic mass is 35.5. The Morgan fingerprint density at radius 2 is 1.56 bits per heavy atom. The van der Waals surface area contributed by atoms with E-state index in [-0.39, 0.29) is 24.5 Å². The SMILES string of the molecule is COc1ccc(N2C(=O)NC(=O)C(=Cc3cc(Cl)ccc3OCCOc3ccc(C)cc3)C2=O)cc1. The van der Waals surface area contributed by atoms with Crippen molar-refractivity contribution < 1.29 is 28.6 Å². The third-order valence-electron chi connectivity index (χ3n) is 5.33. The number of urea groups is 1. The van der Waals surface area contributed by atoms with Gasteiger partial charge in [-0.05, 0) is 67.6 Å². The molecule has 0 unspecified atom stereocenters. The predicted molar refractivity (Wildman–Crippen MR) is 136 cm³/mol. The summed E-state index contributed by atoms with van der Waals surface area (Å²) in [5.41, 5.74) is 1.58. The van der Waals surface area contributed by atoms with E-state index >= 15 is 0 Å². The Balaban J connectivity index is 1.54. The van der Waals surface area contributed by atoms with Crippen molar-refractivity contribution in [2.24, 2.45) is 0 Å². The Morgan fingerprint density at radius 3 is 2.25 bits per heavy atom. The highest BCUT2D eigenvalue weighted by molar-refractivity contribution is 6.39. The molecule has 0 spiro atoms. The van der Waals surface area contributed by atoms with Crippen LogP contribution in [0.5, 0.6) is 17.2 Å². The van der Waals surface area contributed by atoms with E-state index in [4.69, 9.17) is 25.8 Å². The molecule has 184 valence electrons. The Labute approximate surface area is 213 Å². The molecule has 9 heteroatoms. The van der Waals surface area contributed by atoms with E-state index in [1.807, 2.05) is 31.2 Å². The van der Waals surface area contributed by atoms with Crippen LogP contribution < -0.4 is 24.4 Å². The van der Waals surface area contributed by atoms with Gasteiger partial charge in [0, 0.05) is 10.6 Å². The van der Waals surface area contributed by atoms with Crippen molar-refractivity contribution >= 4 is 41.2 Å². The summed E-state index contributed by atoms with van der Waals surface area (Å²) >= 11 is 6.17. The van der Waals surface area contributed by atoms with E-state index in [1.54, 1.807) is 42.5 Å². The number of aryl methyl sites for hydroxylation is 1. The molecular formula is C27H23ClN2O6. The first-order valence-corrected chi connectivity index (χ1v) is 11.4. The zero-order chi connectivity index (χ0) is 25.7. The molecule has 0 bridgehead atoms. The first kappa shape index (κ1) is 24.8. The lowest BCUT2D eigenvalue weighted by Gasteiger charge is -2.26. The number of benzene rings is 3. The number of halogens is 1. The maximum Gasteiger partial charge on any atom is 0.335 e. The predicted octanol–water partition coefficient (Wildman–Crippen LogP) is 4.78. The van der Waals surface area contributed by atoms with Crippen LogP contribution in [0.15, 0.2) is 72.3 Å². The highest BCUT2D eigenvalue weighted by Crippen LogP contribution is 2.28. The number of nitrogens with zero attached hydrogens (tertiary/aromatic N) is 1. The zero-order valence-corrected chi connectivity index (χ0v) is 20.4. The lowest BCUT2D eigenvalue weighted by Crippen LogP contribution is -2.54. The van der Waals surface area contributed by atoms with Crippen LogP contribution in [0.2, 0.25) is 5.02 Å². The number of hydrogen-bond acceptors (Lipinski definition) is 6. The molecule has 0 aliphatic carbocycles. The monoisotopic (exact) mass is 506 g/mol. The standard InChI is InChI=1S/C27H23ClN2O6/c1-17-3-8-22(9-4-17)35-13-14-36-24-12-5-19(28)15-18(24)16-23-25(31)29-27(33)30(26(23)32)20-6-10-21(34-2)11-7-20/h3-12,15-16H,13-14H2,1-2H3,(H,29,31,33). The van der Waals surface area contributed by atoms with Crippen LogP contribution >= 0.6 is 11.6 Å². The molecule has 0 radical (unpaired) electrons. The molecule has 3 aromatic carbocycles. The molecule has 8 nitrogen and oxygen atoms in total. The van der Waals surface area contributed by atoms with Crippen molar-refractivity contribution in [3.63, 3.8) is 0 Å². The number of anilines is 1. The fourth-order valence-corrected chi connectivity index (χ4v) is 3.67. The van der Waals surface area contributed by atoms with Gasteiger partial charge in [0.2, 0.25) is 0 Å². The summed E-state index contributed by atoms with van der Waals surface area (Å²) < 4.78 is 16.6. The summed E-state index contributed by atoms with van der Waals surface area (Å²) in [6, 6.07) is 18.0. The van der Waals surface area contributed by atoms with Gasteiger partial charge in [0.15, 0.2) is 0 Å². The van der Waals surface area contributed by atoms with Crippen molar-refractivity contribution in [3.05, 3.63) is 88.5 Å². The Bertz CT molecular complexity index is 1320. The quantitative estimate of drug-likeness (QED) is 0.268.